The third kappa shape index (κ3) is 4.40. The second-order valence-electron chi connectivity index (χ2n) is 8.85. The summed E-state index contributed by atoms with van der Waals surface area (Å²) in [6.45, 7) is 4.46. The highest BCUT2D eigenvalue weighted by Crippen LogP contribution is 2.34. The van der Waals surface area contributed by atoms with E-state index in [0.29, 0.717) is 35.1 Å². The summed E-state index contributed by atoms with van der Waals surface area (Å²) in [6.07, 6.45) is 1.77. The van der Waals surface area contributed by atoms with E-state index >= 15 is 0 Å². The van der Waals surface area contributed by atoms with Crippen LogP contribution in [0.15, 0.2) is 72.8 Å². The van der Waals surface area contributed by atoms with Gasteiger partial charge in [0.2, 0.25) is 0 Å². The molecule has 0 aliphatic heterocycles. The summed E-state index contributed by atoms with van der Waals surface area (Å²) in [5.74, 6) is -0.439. The molecule has 0 saturated carbocycles. The fourth-order valence-electron chi connectivity index (χ4n) is 4.15. The van der Waals surface area contributed by atoms with E-state index in [2.05, 4.69) is 13.8 Å². The topological polar surface area (TPSA) is 60.4 Å². The maximum atomic E-state index is 13.0. The predicted octanol–water partition coefficient (Wildman–Crippen LogP) is 5.65. The third-order valence-electron chi connectivity index (χ3n) is 6.13. The molecule has 3 aromatic rings. The highest BCUT2D eigenvalue weighted by molar-refractivity contribution is 6.28. The van der Waals surface area contributed by atoms with Gasteiger partial charge in [0, 0.05) is 28.7 Å². The summed E-state index contributed by atoms with van der Waals surface area (Å²) in [5, 5.41) is 0. The molecule has 32 heavy (non-hydrogen) atoms. The molecule has 3 aromatic carbocycles. The Labute approximate surface area is 188 Å². The molecule has 0 unspecified atom stereocenters. The Hall–Kier alpha value is -3.53. The van der Waals surface area contributed by atoms with Crippen LogP contribution in [0.3, 0.4) is 0 Å². The number of fused-ring (bicyclic) bond motifs is 2. The van der Waals surface area contributed by atoms with Crippen LogP contribution in [0.5, 0.6) is 0 Å². The molecule has 4 rings (SSSR count). The number of rotatable bonds is 7. The van der Waals surface area contributed by atoms with Gasteiger partial charge in [-0.25, -0.2) is 0 Å². The summed E-state index contributed by atoms with van der Waals surface area (Å²) in [4.78, 5) is 38.0. The van der Waals surface area contributed by atoms with Crippen LogP contribution in [0.1, 0.15) is 76.1 Å². The Bertz CT molecular complexity index is 1180. The predicted molar refractivity (Wildman–Crippen MR) is 123 cm³/mol. The van der Waals surface area contributed by atoms with Crippen LogP contribution < -0.4 is 0 Å². The molecule has 1 aliphatic rings. The van der Waals surface area contributed by atoms with Crippen molar-refractivity contribution in [2.75, 3.05) is 0 Å². The van der Waals surface area contributed by atoms with Crippen LogP contribution in [0.4, 0.5) is 0 Å². The zero-order chi connectivity index (χ0) is 22.7. The monoisotopic (exact) mass is 426 g/mol. The highest BCUT2D eigenvalue weighted by atomic mass is 16.5. The largest absolute Gasteiger partial charge is 0.461 e. The van der Waals surface area contributed by atoms with E-state index in [-0.39, 0.29) is 29.6 Å². The van der Waals surface area contributed by atoms with E-state index in [9.17, 15) is 14.4 Å². The maximum Gasteiger partial charge on any atom is 0.306 e. The molecule has 0 amide bonds. The molecule has 4 nitrogen and oxygen atoms in total. The van der Waals surface area contributed by atoms with Crippen molar-refractivity contribution in [2.24, 2.45) is 0 Å². The Morgan fingerprint density at radius 2 is 1.38 bits per heavy atom. The van der Waals surface area contributed by atoms with Gasteiger partial charge in [-0.1, -0.05) is 74.5 Å². The Balaban J connectivity index is 1.40. The quantitative estimate of drug-likeness (QED) is 0.358. The van der Waals surface area contributed by atoms with Gasteiger partial charge in [0.1, 0.15) is 6.61 Å². The van der Waals surface area contributed by atoms with Gasteiger partial charge >= 0.3 is 5.97 Å². The molecule has 0 N–H and O–H groups in total. The molecule has 0 saturated heterocycles. The number of benzene rings is 3. The fraction of sp³-hybridized carbons (Fsp3) is 0.250. The first kappa shape index (κ1) is 21.7. The second kappa shape index (κ2) is 8.91. The van der Waals surface area contributed by atoms with Gasteiger partial charge in [0.05, 0.1) is 0 Å². The van der Waals surface area contributed by atoms with Gasteiger partial charge in [0.25, 0.3) is 0 Å². The van der Waals surface area contributed by atoms with Crippen LogP contribution >= 0.6 is 0 Å². The molecule has 0 fully saturated rings. The summed E-state index contributed by atoms with van der Waals surface area (Å²) in [5.41, 5.74) is 3.53. The van der Waals surface area contributed by atoms with Gasteiger partial charge in [-0.15, -0.1) is 0 Å². The number of carbonyl (C=O) groups is 3. The lowest BCUT2D eigenvalue weighted by atomic mass is 9.76. The number of ketones is 2. The zero-order valence-corrected chi connectivity index (χ0v) is 18.4. The molecule has 162 valence electrons. The van der Waals surface area contributed by atoms with Crippen LogP contribution in [-0.2, 0) is 21.6 Å². The minimum Gasteiger partial charge on any atom is -0.461 e. The Kier molecular flexibility index (Phi) is 6.04. The molecular weight excluding hydrogens is 400 g/mol. The van der Waals surface area contributed by atoms with Crippen LogP contribution in [-0.4, -0.2) is 17.5 Å². The van der Waals surface area contributed by atoms with Crippen molar-refractivity contribution in [3.63, 3.8) is 0 Å². The van der Waals surface area contributed by atoms with Gasteiger partial charge < -0.3 is 4.74 Å². The number of hydrogen-bond acceptors (Lipinski definition) is 4. The Morgan fingerprint density at radius 3 is 2.06 bits per heavy atom. The fourth-order valence-corrected chi connectivity index (χ4v) is 4.15. The van der Waals surface area contributed by atoms with E-state index in [1.54, 1.807) is 30.3 Å². The zero-order valence-electron chi connectivity index (χ0n) is 18.4. The number of hydrogen-bond donors (Lipinski definition) is 0. The molecule has 4 heteroatoms. The Morgan fingerprint density at radius 1 is 0.781 bits per heavy atom. The average molecular weight is 427 g/mol. The first-order valence-corrected chi connectivity index (χ1v) is 10.9. The molecule has 1 aliphatic carbocycles. The lowest BCUT2D eigenvalue weighted by molar-refractivity contribution is -0.145. The molecule has 0 aromatic heterocycles. The lowest BCUT2D eigenvalue weighted by Crippen LogP contribution is -2.23. The second-order valence-corrected chi connectivity index (χ2v) is 8.85. The van der Waals surface area contributed by atoms with E-state index in [0.717, 1.165) is 17.5 Å². The van der Waals surface area contributed by atoms with Gasteiger partial charge in [-0.2, -0.15) is 0 Å². The van der Waals surface area contributed by atoms with E-state index in [4.69, 9.17) is 4.74 Å². The van der Waals surface area contributed by atoms with Crippen LogP contribution in [0.2, 0.25) is 0 Å². The maximum absolute atomic E-state index is 13.0. The van der Waals surface area contributed by atoms with Gasteiger partial charge in [-0.05, 0) is 41.5 Å². The third-order valence-corrected chi connectivity index (χ3v) is 6.13. The summed E-state index contributed by atoms with van der Waals surface area (Å²) in [6, 6.07) is 22.1. The van der Waals surface area contributed by atoms with Gasteiger partial charge in [0.15, 0.2) is 11.6 Å². The normalized spacial score (nSPS) is 12.8. The number of esters is 1. The summed E-state index contributed by atoms with van der Waals surface area (Å²) in [7, 11) is 0. The molecule has 0 radical (unpaired) electrons. The summed E-state index contributed by atoms with van der Waals surface area (Å²) >= 11 is 0. The highest BCUT2D eigenvalue weighted by Gasteiger charge is 2.31. The van der Waals surface area contributed by atoms with Crippen molar-refractivity contribution in [1.29, 1.82) is 0 Å². The average Bonchev–Trinajstić information content (AvgIpc) is 2.81. The van der Waals surface area contributed by atoms with Crippen LogP contribution in [0.25, 0.3) is 0 Å². The van der Waals surface area contributed by atoms with Crippen LogP contribution in [0, 0.1) is 0 Å². The van der Waals surface area contributed by atoms with E-state index < -0.39 is 0 Å². The molecule has 0 heterocycles. The minimum absolute atomic E-state index is 0.110. The van der Waals surface area contributed by atoms with Crippen molar-refractivity contribution in [3.8, 4) is 0 Å². The summed E-state index contributed by atoms with van der Waals surface area (Å²) < 4.78 is 5.36. The van der Waals surface area contributed by atoms with Crippen molar-refractivity contribution >= 4 is 17.5 Å². The SMILES string of the molecule is CC(C)(CCCC(=O)OCc1ccccc1)c1ccc2c(c1)C(=O)c1ccccc1C2=O. The molecular formula is C28H26O4. The van der Waals surface area contributed by atoms with E-state index in [1.165, 1.54) is 0 Å². The first-order chi connectivity index (χ1) is 15.4. The number of carbonyl (C=O) groups excluding carboxylic acids is 3. The number of ether oxygens (including phenoxy) is 1. The molecule has 0 atom stereocenters. The van der Waals surface area contributed by atoms with E-state index in [1.807, 2.05) is 42.5 Å². The molecule has 0 spiro atoms. The standard InChI is InChI=1S/C28H26O4/c1-28(2,16-8-13-25(29)32-18-19-9-4-3-5-10-19)20-14-15-23-24(17-20)27(31)22-12-7-6-11-21(22)26(23)30/h3-7,9-12,14-15,17H,8,13,16,18H2,1-2H3. The van der Waals surface area contributed by atoms with Crippen molar-refractivity contribution in [1.82, 2.24) is 0 Å². The first-order valence-electron chi connectivity index (χ1n) is 10.9. The van der Waals surface area contributed by atoms with Crippen molar-refractivity contribution in [3.05, 3.63) is 106 Å². The minimum atomic E-state index is -0.255. The van der Waals surface area contributed by atoms with Crippen molar-refractivity contribution < 1.29 is 19.1 Å². The van der Waals surface area contributed by atoms with Gasteiger partial charge in [-0.3, -0.25) is 14.4 Å². The molecule has 0 bridgehead atoms. The smallest absolute Gasteiger partial charge is 0.306 e. The van der Waals surface area contributed by atoms with Crippen molar-refractivity contribution in [2.45, 2.75) is 45.1 Å². The lowest BCUT2D eigenvalue weighted by Gasteiger charge is -2.27.